The van der Waals surface area contributed by atoms with Gasteiger partial charge in [0.25, 0.3) is 0 Å². The maximum absolute atomic E-state index is 11.8. The highest BCUT2D eigenvalue weighted by atomic mass is 16.5. The number of amides is 1. The van der Waals surface area contributed by atoms with E-state index in [0.29, 0.717) is 13.2 Å². The molecule has 0 aromatic heterocycles. The highest BCUT2D eigenvalue weighted by Crippen LogP contribution is 2.04. The van der Waals surface area contributed by atoms with E-state index >= 15 is 0 Å². The first-order valence-electron chi connectivity index (χ1n) is 6.78. The Hall–Kier alpha value is -1.39. The van der Waals surface area contributed by atoms with Gasteiger partial charge < -0.3 is 10.1 Å². The summed E-state index contributed by atoms with van der Waals surface area (Å²) in [5.41, 5.74) is 1.21. The van der Waals surface area contributed by atoms with E-state index in [1.54, 1.807) is 7.11 Å². The smallest absolute Gasteiger partial charge is 0.234 e. The molecule has 1 N–H and O–H groups in total. The first-order valence-corrected chi connectivity index (χ1v) is 6.78. The lowest BCUT2D eigenvalue weighted by molar-refractivity contribution is -0.122. The molecule has 0 aliphatic rings. The molecule has 0 radical (unpaired) electrons. The van der Waals surface area contributed by atoms with Gasteiger partial charge in [-0.05, 0) is 12.0 Å². The van der Waals surface area contributed by atoms with Crippen molar-refractivity contribution in [3.63, 3.8) is 0 Å². The third kappa shape index (κ3) is 6.94. The van der Waals surface area contributed by atoms with Crippen LogP contribution in [0.15, 0.2) is 30.3 Å². The lowest BCUT2D eigenvalue weighted by Gasteiger charge is -2.21. The summed E-state index contributed by atoms with van der Waals surface area (Å²) in [7, 11) is 1.68. The second-order valence-corrected chi connectivity index (χ2v) is 4.54. The number of ether oxygens (including phenoxy) is 1. The molecule has 0 aliphatic carbocycles. The molecular formula is C15H24N2O2. The molecule has 0 spiro atoms. The number of nitrogens with zero attached hydrogens (tertiary/aromatic N) is 1. The van der Waals surface area contributed by atoms with Gasteiger partial charge in [-0.2, -0.15) is 0 Å². The number of nitrogens with one attached hydrogen (secondary N) is 1. The quantitative estimate of drug-likeness (QED) is 0.737. The molecule has 4 nitrogen and oxygen atoms in total. The van der Waals surface area contributed by atoms with E-state index in [-0.39, 0.29) is 5.91 Å². The van der Waals surface area contributed by atoms with Crippen molar-refractivity contribution >= 4 is 5.91 Å². The number of carbonyl (C=O) groups excluding carboxylic acids is 1. The summed E-state index contributed by atoms with van der Waals surface area (Å²) in [4.78, 5) is 13.9. The first kappa shape index (κ1) is 15.7. The summed E-state index contributed by atoms with van der Waals surface area (Å²) in [6.45, 7) is 5.36. The third-order valence-electron chi connectivity index (χ3n) is 2.80. The largest absolute Gasteiger partial charge is 0.383 e. The predicted molar refractivity (Wildman–Crippen MR) is 76.9 cm³/mol. The maximum atomic E-state index is 11.8. The van der Waals surface area contributed by atoms with Crippen LogP contribution in [0.5, 0.6) is 0 Å². The second kappa shape index (κ2) is 9.53. The van der Waals surface area contributed by atoms with Crippen molar-refractivity contribution in [2.45, 2.75) is 19.9 Å². The van der Waals surface area contributed by atoms with E-state index < -0.39 is 0 Å². The Bertz CT molecular complexity index is 354. The van der Waals surface area contributed by atoms with Crippen LogP contribution < -0.4 is 5.32 Å². The fraction of sp³-hybridized carbons (Fsp3) is 0.533. The van der Waals surface area contributed by atoms with Crippen molar-refractivity contribution in [3.05, 3.63) is 35.9 Å². The van der Waals surface area contributed by atoms with Crippen LogP contribution in [-0.4, -0.2) is 44.2 Å². The molecule has 0 aliphatic heterocycles. The molecule has 0 saturated carbocycles. The number of methoxy groups -OCH3 is 1. The van der Waals surface area contributed by atoms with Gasteiger partial charge in [0, 0.05) is 26.7 Å². The monoisotopic (exact) mass is 264 g/mol. The van der Waals surface area contributed by atoms with Crippen LogP contribution in [0.25, 0.3) is 0 Å². The number of hydrogen-bond donors (Lipinski definition) is 1. The average Bonchev–Trinajstić information content (AvgIpc) is 2.43. The number of hydrogen-bond acceptors (Lipinski definition) is 3. The van der Waals surface area contributed by atoms with Gasteiger partial charge in [0.2, 0.25) is 5.91 Å². The fourth-order valence-electron chi connectivity index (χ4n) is 1.80. The van der Waals surface area contributed by atoms with Crippen molar-refractivity contribution in [2.75, 3.05) is 33.4 Å². The Morgan fingerprint density at radius 2 is 2.05 bits per heavy atom. The number of rotatable bonds is 9. The zero-order chi connectivity index (χ0) is 13.9. The Labute approximate surface area is 115 Å². The third-order valence-corrected chi connectivity index (χ3v) is 2.80. The van der Waals surface area contributed by atoms with E-state index in [1.165, 1.54) is 5.56 Å². The fourth-order valence-corrected chi connectivity index (χ4v) is 1.80. The maximum Gasteiger partial charge on any atom is 0.234 e. The van der Waals surface area contributed by atoms with Crippen molar-refractivity contribution in [3.8, 4) is 0 Å². The molecule has 1 aromatic rings. The van der Waals surface area contributed by atoms with Crippen LogP contribution in [-0.2, 0) is 16.1 Å². The van der Waals surface area contributed by atoms with Crippen LogP contribution in [0.3, 0.4) is 0 Å². The van der Waals surface area contributed by atoms with E-state index in [1.807, 2.05) is 25.1 Å². The van der Waals surface area contributed by atoms with Crippen molar-refractivity contribution < 1.29 is 9.53 Å². The highest BCUT2D eigenvalue weighted by Gasteiger charge is 2.10. The molecule has 106 valence electrons. The Morgan fingerprint density at radius 3 is 2.68 bits per heavy atom. The Morgan fingerprint density at radius 1 is 1.32 bits per heavy atom. The Balaban J connectivity index is 2.49. The molecule has 1 aromatic carbocycles. The summed E-state index contributed by atoms with van der Waals surface area (Å²) in [6.07, 6.45) is 0.961. The summed E-state index contributed by atoms with van der Waals surface area (Å²) in [6, 6.07) is 10.2. The standard InChI is InChI=1S/C15H24N2O2/c1-3-9-16-15(18)13-17(10-11-19-2)12-14-7-5-4-6-8-14/h4-8H,3,9-13H2,1-2H3,(H,16,18). The van der Waals surface area contributed by atoms with Gasteiger partial charge in [0.1, 0.15) is 0 Å². The van der Waals surface area contributed by atoms with Crippen LogP contribution >= 0.6 is 0 Å². The average molecular weight is 264 g/mol. The van der Waals surface area contributed by atoms with Gasteiger partial charge in [-0.15, -0.1) is 0 Å². The topological polar surface area (TPSA) is 41.6 Å². The molecule has 4 heteroatoms. The van der Waals surface area contributed by atoms with Crippen molar-refractivity contribution in [2.24, 2.45) is 0 Å². The van der Waals surface area contributed by atoms with Gasteiger partial charge in [-0.25, -0.2) is 0 Å². The van der Waals surface area contributed by atoms with Gasteiger partial charge in [-0.1, -0.05) is 37.3 Å². The molecule has 0 atom stereocenters. The van der Waals surface area contributed by atoms with Crippen LogP contribution in [0, 0.1) is 0 Å². The zero-order valence-corrected chi connectivity index (χ0v) is 11.9. The minimum absolute atomic E-state index is 0.0777. The summed E-state index contributed by atoms with van der Waals surface area (Å²) < 4.78 is 5.10. The molecule has 0 heterocycles. The van der Waals surface area contributed by atoms with Crippen molar-refractivity contribution in [1.82, 2.24) is 10.2 Å². The summed E-state index contributed by atoms with van der Waals surface area (Å²) in [5, 5.41) is 2.90. The van der Waals surface area contributed by atoms with E-state index in [4.69, 9.17) is 4.74 Å². The first-order chi connectivity index (χ1) is 9.26. The highest BCUT2D eigenvalue weighted by molar-refractivity contribution is 5.77. The Kier molecular flexibility index (Phi) is 7.86. The molecule has 0 saturated heterocycles. The molecular weight excluding hydrogens is 240 g/mol. The van der Waals surface area contributed by atoms with Gasteiger partial charge >= 0.3 is 0 Å². The van der Waals surface area contributed by atoms with Crippen molar-refractivity contribution in [1.29, 1.82) is 0 Å². The normalized spacial score (nSPS) is 10.7. The zero-order valence-electron chi connectivity index (χ0n) is 11.9. The second-order valence-electron chi connectivity index (χ2n) is 4.54. The number of carbonyl (C=O) groups is 1. The molecule has 1 rings (SSSR count). The predicted octanol–water partition coefficient (Wildman–Crippen LogP) is 1.66. The lowest BCUT2D eigenvalue weighted by atomic mass is 10.2. The van der Waals surface area contributed by atoms with Gasteiger partial charge in [-0.3, -0.25) is 9.69 Å². The van der Waals surface area contributed by atoms with Crippen LogP contribution in [0.4, 0.5) is 0 Å². The summed E-state index contributed by atoms with van der Waals surface area (Å²) in [5.74, 6) is 0.0777. The molecule has 0 fully saturated rings. The van der Waals surface area contributed by atoms with Crippen LogP contribution in [0.2, 0.25) is 0 Å². The molecule has 0 bridgehead atoms. The van der Waals surface area contributed by atoms with E-state index in [0.717, 1.165) is 26.1 Å². The van der Waals surface area contributed by atoms with Gasteiger partial charge in [0.15, 0.2) is 0 Å². The minimum atomic E-state index is 0.0777. The van der Waals surface area contributed by atoms with E-state index in [9.17, 15) is 4.79 Å². The van der Waals surface area contributed by atoms with Gasteiger partial charge in [0.05, 0.1) is 13.2 Å². The summed E-state index contributed by atoms with van der Waals surface area (Å²) >= 11 is 0. The SMILES string of the molecule is CCCNC(=O)CN(CCOC)Cc1ccccc1. The van der Waals surface area contributed by atoms with Crippen LogP contribution in [0.1, 0.15) is 18.9 Å². The number of benzene rings is 1. The van der Waals surface area contributed by atoms with E-state index in [2.05, 4.69) is 22.3 Å². The molecule has 0 unspecified atom stereocenters. The minimum Gasteiger partial charge on any atom is -0.383 e. The molecule has 19 heavy (non-hydrogen) atoms. The lowest BCUT2D eigenvalue weighted by Crippen LogP contribution is -2.38. The molecule has 1 amide bonds.